The molecule has 1 aromatic rings. The largest absolute Gasteiger partial charge is 0.463 e. The summed E-state index contributed by atoms with van der Waals surface area (Å²) in [5.74, 6) is -1.65. The van der Waals surface area contributed by atoms with Crippen LogP contribution in [0.2, 0.25) is 0 Å². The third-order valence-corrected chi connectivity index (χ3v) is 1.98. The third-order valence-electron chi connectivity index (χ3n) is 1.98. The molecule has 0 saturated heterocycles. The van der Waals surface area contributed by atoms with Gasteiger partial charge in [0.15, 0.2) is 0 Å². The molecular weight excluding hydrogens is 196 g/mol. The van der Waals surface area contributed by atoms with E-state index in [1.807, 2.05) is 0 Å². The number of hydrogen-bond donors (Lipinski definition) is 1. The maximum atomic E-state index is 11.1. The van der Waals surface area contributed by atoms with Crippen molar-refractivity contribution in [2.75, 3.05) is 7.11 Å². The van der Waals surface area contributed by atoms with Crippen LogP contribution in [0.5, 0.6) is 0 Å². The van der Waals surface area contributed by atoms with E-state index in [0.29, 0.717) is 5.56 Å². The molecule has 0 aliphatic carbocycles. The molecule has 0 spiro atoms. The SMILES string of the molecule is COC(=O)C(=O)CC(O)c1ccccc1. The minimum Gasteiger partial charge on any atom is -0.463 e. The summed E-state index contributed by atoms with van der Waals surface area (Å²) in [7, 11) is 1.13. The second-order valence-corrected chi connectivity index (χ2v) is 3.05. The molecule has 0 aliphatic rings. The van der Waals surface area contributed by atoms with Crippen LogP contribution < -0.4 is 0 Å². The average molecular weight is 208 g/mol. The van der Waals surface area contributed by atoms with E-state index in [1.165, 1.54) is 0 Å². The number of rotatable bonds is 4. The van der Waals surface area contributed by atoms with E-state index >= 15 is 0 Å². The first kappa shape index (κ1) is 11.4. The van der Waals surface area contributed by atoms with Gasteiger partial charge in [0.2, 0.25) is 5.78 Å². The van der Waals surface area contributed by atoms with E-state index in [1.54, 1.807) is 30.3 Å². The number of carbonyl (C=O) groups excluding carboxylic acids is 2. The number of benzene rings is 1. The molecule has 80 valence electrons. The maximum absolute atomic E-state index is 11.1. The van der Waals surface area contributed by atoms with Gasteiger partial charge in [0.25, 0.3) is 0 Å². The normalized spacial score (nSPS) is 11.9. The molecule has 0 bridgehead atoms. The van der Waals surface area contributed by atoms with Gasteiger partial charge in [-0.15, -0.1) is 0 Å². The smallest absolute Gasteiger partial charge is 0.374 e. The van der Waals surface area contributed by atoms with Crippen molar-refractivity contribution in [2.45, 2.75) is 12.5 Å². The number of methoxy groups -OCH3 is 1. The van der Waals surface area contributed by atoms with Gasteiger partial charge in [0, 0.05) is 6.42 Å². The molecule has 15 heavy (non-hydrogen) atoms. The maximum Gasteiger partial charge on any atom is 0.374 e. The minimum absolute atomic E-state index is 0.253. The van der Waals surface area contributed by atoms with Crippen molar-refractivity contribution in [1.82, 2.24) is 0 Å². The minimum atomic E-state index is -0.960. The molecule has 1 atom stereocenters. The van der Waals surface area contributed by atoms with Gasteiger partial charge in [-0.1, -0.05) is 30.3 Å². The fourth-order valence-electron chi connectivity index (χ4n) is 1.17. The Labute approximate surface area is 87.5 Å². The molecular formula is C11H12O4. The number of hydrogen-bond acceptors (Lipinski definition) is 4. The van der Waals surface area contributed by atoms with Crippen LogP contribution in [0.15, 0.2) is 30.3 Å². The summed E-state index contributed by atoms with van der Waals surface area (Å²) in [5, 5.41) is 9.61. The molecule has 0 aliphatic heterocycles. The van der Waals surface area contributed by atoms with Crippen LogP contribution in [0.1, 0.15) is 18.1 Å². The second-order valence-electron chi connectivity index (χ2n) is 3.05. The zero-order chi connectivity index (χ0) is 11.3. The fraction of sp³-hybridized carbons (Fsp3) is 0.273. The summed E-state index contributed by atoms with van der Waals surface area (Å²) in [6.45, 7) is 0. The highest BCUT2D eigenvalue weighted by Gasteiger charge is 2.19. The van der Waals surface area contributed by atoms with Gasteiger partial charge < -0.3 is 9.84 Å². The Balaban J connectivity index is 2.60. The summed E-state index contributed by atoms with van der Waals surface area (Å²) >= 11 is 0. The van der Waals surface area contributed by atoms with Crippen LogP contribution in [0.3, 0.4) is 0 Å². The quantitative estimate of drug-likeness (QED) is 0.588. The Morgan fingerprint density at radius 3 is 2.47 bits per heavy atom. The first-order chi connectivity index (χ1) is 7.15. The molecule has 1 rings (SSSR count). The predicted molar refractivity (Wildman–Crippen MR) is 53.0 cm³/mol. The second kappa shape index (κ2) is 5.26. The monoisotopic (exact) mass is 208 g/mol. The topological polar surface area (TPSA) is 63.6 Å². The Hall–Kier alpha value is -1.68. The van der Waals surface area contributed by atoms with E-state index in [-0.39, 0.29) is 6.42 Å². The Bertz CT molecular complexity index is 345. The van der Waals surface area contributed by atoms with Crippen molar-refractivity contribution in [1.29, 1.82) is 0 Å². The van der Waals surface area contributed by atoms with E-state index in [9.17, 15) is 14.7 Å². The van der Waals surface area contributed by atoms with Crippen LogP contribution in [0, 0.1) is 0 Å². The van der Waals surface area contributed by atoms with E-state index in [0.717, 1.165) is 7.11 Å². The lowest BCUT2D eigenvalue weighted by molar-refractivity contribution is -0.152. The molecule has 0 saturated carbocycles. The Morgan fingerprint density at radius 1 is 1.33 bits per heavy atom. The van der Waals surface area contributed by atoms with Crippen molar-refractivity contribution in [3.8, 4) is 0 Å². The van der Waals surface area contributed by atoms with Crippen molar-refractivity contribution >= 4 is 11.8 Å². The molecule has 4 nitrogen and oxygen atoms in total. The zero-order valence-electron chi connectivity index (χ0n) is 8.34. The number of aliphatic hydroxyl groups is 1. The molecule has 0 heterocycles. The first-order valence-corrected chi connectivity index (χ1v) is 4.49. The highest BCUT2D eigenvalue weighted by atomic mass is 16.5. The number of Topliss-reactive ketones (excluding diaryl/α,β-unsaturated/α-hetero) is 1. The van der Waals surface area contributed by atoms with Crippen molar-refractivity contribution in [2.24, 2.45) is 0 Å². The van der Waals surface area contributed by atoms with Crippen LogP contribution in [-0.2, 0) is 14.3 Å². The molecule has 1 aromatic carbocycles. The highest BCUT2D eigenvalue weighted by Crippen LogP contribution is 2.16. The van der Waals surface area contributed by atoms with Crippen LogP contribution in [-0.4, -0.2) is 24.0 Å². The van der Waals surface area contributed by atoms with Gasteiger partial charge in [-0.25, -0.2) is 4.79 Å². The number of esters is 1. The van der Waals surface area contributed by atoms with Gasteiger partial charge in [-0.3, -0.25) is 4.79 Å². The van der Waals surface area contributed by atoms with Crippen LogP contribution in [0.25, 0.3) is 0 Å². The summed E-state index contributed by atoms with van der Waals surface area (Å²) < 4.78 is 4.25. The summed E-state index contributed by atoms with van der Waals surface area (Å²) in [5.41, 5.74) is 0.606. The molecule has 0 radical (unpaired) electrons. The molecule has 0 amide bonds. The fourth-order valence-corrected chi connectivity index (χ4v) is 1.17. The van der Waals surface area contributed by atoms with Gasteiger partial charge in [0.1, 0.15) is 0 Å². The predicted octanol–water partition coefficient (Wildman–Crippen LogP) is 0.852. The standard InChI is InChI=1S/C11H12O4/c1-15-11(14)10(13)7-9(12)8-5-3-2-4-6-8/h2-6,9,12H,7H2,1H3. The Morgan fingerprint density at radius 2 is 1.93 bits per heavy atom. The summed E-state index contributed by atoms with van der Waals surface area (Å²) in [6, 6.07) is 8.69. The van der Waals surface area contributed by atoms with Gasteiger partial charge in [-0.05, 0) is 5.56 Å². The van der Waals surface area contributed by atoms with Crippen LogP contribution in [0.4, 0.5) is 0 Å². The lowest BCUT2D eigenvalue weighted by atomic mass is 10.0. The number of carbonyl (C=O) groups is 2. The lowest BCUT2D eigenvalue weighted by Crippen LogP contribution is -2.18. The zero-order valence-corrected chi connectivity index (χ0v) is 8.34. The van der Waals surface area contributed by atoms with Gasteiger partial charge in [-0.2, -0.15) is 0 Å². The molecule has 0 fully saturated rings. The molecule has 1 N–H and O–H groups in total. The van der Waals surface area contributed by atoms with Crippen molar-refractivity contribution in [3.63, 3.8) is 0 Å². The molecule has 0 aromatic heterocycles. The molecule has 1 unspecified atom stereocenters. The summed E-state index contributed by atoms with van der Waals surface area (Å²) in [6.07, 6.45) is -1.21. The highest BCUT2D eigenvalue weighted by molar-refractivity contribution is 6.33. The lowest BCUT2D eigenvalue weighted by Gasteiger charge is -2.08. The van der Waals surface area contributed by atoms with Crippen molar-refractivity contribution in [3.05, 3.63) is 35.9 Å². The van der Waals surface area contributed by atoms with Gasteiger partial charge in [0.05, 0.1) is 13.2 Å². The van der Waals surface area contributed by atoms with E-state index in [2.05, 4.69) is 4.74 Å². The average Bonchev–Trinajstić information content (AvgIpc) is 2.29. The van der Waals surface area contributed by atoms with Gasteiger partial charge >= 0.3 is 5.97 Å². The van der Waals surface area contributed by atoms with Crippen molar-refractivity contribution < 1.29 is 19.4 Å². The van der Waals surface area contributed by atoms with E-state index < -0.39 is 17.9 Å². The Kier molecular flexibility index (Phi) is 4.00. The first-order valence-electron chi connectivity index (χ1n) is 4.49. The molecule has 4 heteroatoms. The third kappa shape index (κ3) is 3.18. The number of aliphatic hydroxyl groups excluding tert-OH is 1. The number of ether oxygens (including phenoxy) is 1. The number of ketones is 1. The summed E-state index contributed by atoms with van der Waals surface area (Å²) in [4.78, 5) is 21.9. The van der Waals surface area contributed by atoms with E-state index in [4.69, 9.17) is 0 Å². The van der Waals surface area contributed by atoms with Crippen LogP contribution >= 0.6 is 0 Å².